The van der Waals surface area contributed by atoms with Gasteiger partial charge in [-0.15, -0.1) is 24.0 Å². The number of hydrogen-bond acceptors (Lipinski definition) is 3. The first-order chi connectivity index (χ1) is 13.3. The first-order valence-electron chi connectivity index (χ1n) is 9.99. The monoisotopic (exact) mass is 513 g/mol. The van der Waals surface area contributed by atoms with Crippen molar-refractivity contribution in [3.05, 3.63) is 47.5 Å². The van der Waals surface area contributed by atoms with E-state index in [9.17, 15) is 0 Å². The summed E-state index contributed by atoms with van der Waals surface area (Å²) in [6.45, 7) is 12.9. The van der Waals surface area contributed by atoms with Gasteiger partial charge in [0.2, 0.25) is 0 Å². The first kappa shape index (κ1) is 25.3. The Morgan fingerprint density at radius 2 is 1.93 bits per heavy atom. The molecule has 1 aromatic heterocycles. The van der Waals surface area contributed by atoms with Gasteiger partial charge in [-0.25, -0.2) is 4.98 Å². The van der Waals surface area contributed by atoms with Gasteiger partial charge in [0.05, 0.1) is 0 Å². The molecule has 0 saturated heterocycles. The fourth-order valence-electron chi connectivity index (χ4n) is 2.89. The van der Waals surface area contributed by atoms with Crippen molar-refractivity contribution < 1.29 is 4.74 Å². The highest BCUT2D eigenvalue weighted by molar-refractivity contribution is 14.0. The predicted molar refractivity (Wildman–Crippen MR) is 131 cm³/mol. The second-order valence-electron chi connectivity index (χ2n) is 8.05. The first-order valence-corrected chi connectivity index (χ1v) is 9.99. The molecule has 2 aromatic rings. The van der Waals surface area contributed by atoms with Crippen LogP contribution in [-0.4, -0.2) is 34.7 Å². The third kappa shape index (κ3) is 9.06. The summed E-state index contributed by atoms with van der Waals surface area (Å²) >= 11 is 0. The molecule has 0 aliphatic heterocycles. The maximum atomic E-state index is 6.13. The third-order valence-electron chi connectivity index (χ3n) is 4.35. The number of hydrogen-bond donors (Lipinski definition) is 2. The number of aliphatic imine (C=N–C) groups is 1. The molecule has 0 spiro atoms. The van der Waals surface area contributed by atoms with Crippen LogP contribution in [0.4, 0.5) is 0 Å². The Hall–Kier alpha value is -1.77. The van der Waals surface area contributed by atoms with E-state index < -0.39 is 0 Å². The van der Waals surface area contributed by atoms with E-state index >= 15 is 0 Å². The fraction of sp³-hybridized carbons (Fsp3) is 0.545. The van der Waals surface area contributed by atoms with Gasteiger partial charge in [-0.3, -0.25) is 4.99 Å². The molecule has 2 N–H and O–H groups in total. The summed E-state index contributed by atoms with van der Waals surface area (Å²) in [6.07, 6.45) is 6.05. The van der Waals surface area contributed by atoms with Crippen LogP contribution >= 0.6 is 24.0 Å². The minimum atomic E-state index is -0.226. The molecule has 162 valence electrons. The molecule has 0 amide bonds. The molecule has 0 fully saturated rings. The Labute approximate surface area is 192 Å². The molecule has 0 bridgehead atoms. The van der Waals surface area contributed by atoms with Crippen molar-refractivity contribution in [1.82, 2.24) is 20.2 Å². The van der Waals surface area contributed by atoms with Crippen molar-refractivity contribution in [2.75, 3.05) is 13.6 Å². The van der Waals surface area contributed by atoms with Gasteiger partial charge in [0.25, 0.3) is 0 Å². The molecule has 0 aliphatic carbocycles. The number of benzene rings is 1. The van der Waals surface area contributed by atoms with Crippen LogP contribution in [0, 0.1) is 13.8 Å². The number of unbranched alkanes of at least 4 members (excludes halogenated alkanes) is 1. The maximum Gasteiger partial charge on any atom is 0.191 e. The summed E-state index contributed by atoms with van der Waals surface area (Å²) in [5.74, 6) is 2.80. The number of imidazole rings is 1. The molecule has 0 radical (unpaired) electrons. The van der Waals surface area contributed by atoms with Gasteiger partial charge in [0.15, 0.2) is 5.96 Å². The predicted octanol–water partition coefficient (Wildman–Crippen LogP) is 4.44. The fourth-order valence-corrected chi connectivity index (χ4v) is 2.89. The van der Waals surface area contributed by atoms with Crippen LogP contribution in [0.25, 0.3) is 0 Å². The van der Waals surface area contributed by atoms with Gasteiger partial charge < -0.3 is 19.9 Å². The van der Waals surface area contributed by atoms with Crippen molar-refractivity contribution in [3.8, 4) is 5.75 Å². The Morgan fingerprint density at radius 3 is 2.55 bits per heavy atom. The quantitative estimate of drug-likeness (QED) is 0.237. The number of aromatic nitrogens is 2. The lowest BCUT2D eigenvalue weighted by atomic mass is 10.1. The largest absolute Gasteiger partial charge is 0.488 e. The number of nitrogens with zero attached hydrogens (tertiary/aromatic N) is 3. The number of guanidine groups is 1. The van der Waals surface area contributed by atoms with E-state index in [1.165, 1.54) is 5.56 Å². The summed E-state index contributed by atoms with van der Waals surface area (Å²) in [5.41, 5.74) is 2.09. The van der Waals surface area contributed by atoms with Crippen molar-refractivity contribution in [2.45, 2.75) is 66.2 Å². The van der Waals surface area contributed by atoms with Crippen LogP contribution in [0.5, 0.6) is 5.75 Å². The SMILES string of the molecule is CN=C(NCCCCn1ccnc1C)NCc1ccc(C)cc1OC(C)(C)C.I. The average Bonchev–Trinajstić information content (AvgIpc) is 3.02. The van der Waals surface area contributed by atoms with E-state index in [2.05, 4.69) is 71.1 Å². The van der Waals surface area contributed by atoms with E-state index in [0.29, 0.717) is 6.54 Å². The summed E-state index contributed by atoms with van der Waals surface area (Å²) in [7, 11) is 1.80. The molecule has 2 rings (SSSR count). The van der Waals surface area contributed by atoms with Gasteiger partial charge >= 0.3 is 0 Å². The normalized spacial score (nSPS) is 11.7. The molecule has 1 heterocycles. The highest BCUT2D eigenvalue weighted by atomic mass is 127. The third-order valence-corrected chi connectivity index (χ3v) is 4.35. The van der Waals surface area contributed by atoms with E-state index in [4.69, 9.17) is 4.74 Å². The zero-order valence-electron chi connectivity index (χ0n) is 18.6. The summed E-state index contributed by atoms with van der Waals surface area (Å²) in [6, 6.07) is 6.32. The second-order valence-corrected chi connectivity index (χ2v) is 8.05. The van der Waals surface area contributed by atoms with Crippen molar-refractivity contribution in [2.24, 2.45) is 4.99 Å². The zero-order chi connectivity index (χ0) is 20.6. The molecule has 0 unspecified atom stereocenters. The van der Waals surface area contributed by atoms with E-state index in [1.807, 2.05) is 19.3 Å². The molecular formula is C22H36IN5O. The van der Waals surface area contributed by atoms with Gasteiger partial charge in [-0.1, -0.05) is 12.1 Å². The second kappa shape index (κ2) is 12.0. The Kier molecular flexibility index (Phi) is 10.5. The molecular weight excluding hydrogens is 477 g/mol. The van der Waals surface area contributed by atoms with Crippen LogP contribution in [-0.2, 0) is 13.1 Å². The lowest BCUT2D eigenvalue weighted by molar-refractivity contribution is 0.129. The zero-order valence-corrected chi connectivity index (χ0v) is 20.9. The average molecular weight is 513 g/mol. The Balaban J connectivity index is 0.00000420. The van der Waals surface area contributed by atoms with Crippen molar-refractivity contribution in [1.29, 1.82) is 0 Å². The summed E-state index contributed by atoms with van der Waals surface area (Å²) in [4.78, 5) is 8.58. The molecule has 0 aliphatic rings. The van der Waals surface area contributed by atoms with Crippen molar-refractivity contribution >= 4 is 29.9 Å². The van der Waals surface area contributed by atoms with E-state index in [1.54, 1.807) is 7.05 Å². The Bertz CT molecular complexity index is 780. The molecule has 6 nitrogen and oxygen atoms in total. The summed E-state index contributed by atoms with van der Waals surface area (Å²) in [5, 5.41) is 6.78. The number of ether oxygens (including phenoxy) is 1. The van der Waals surface area contributed by atoms with Crippen LogP contribution in [0.2, 0.25) is 0 Å². The van der Waals surface area contributed by atoms with Crippen LogP contribution in [0.3, 0.4) is 0 Å². The lowest BCUT2D eigenvalue weighted by Crippen LogP contribution is -2.37. The van der Waals surface area contributed by atoms with Gasteiger partial charge in [0, 0.05) is 44.6 Å². The minimum absolute atomic E-state index is 0. The van der Waals surface area contributed by atoms with Gasteiger partial charge in [0.1, 0.15) is 17.2 Å². The van der Waals surface area contributed by atoms with E-state index in [-0.39, 0.29) is 29.6 Å². The highest BCUT2D eigenvalue weighted by Crippen LogP contribution is 2.24. The van der Waals surface area contributed by atoms with Gasteiger partial charge in [-0.05, 0) is 59.1 Å². The summed E-state index contributed by atoms with van der Waals surface area (Å²) < 4.78 is 8.31. The minimum Gasteiger partial charge on any atom is -0.488 e. The number of halogens is 1. The molecule has 0 saturated carbocycles. The van der Waals surface area contributed by atoms with Crippen molar-refractivity contribution in [3.63, 3.8) is 0 Å². The number of aryl methyl sites for hydroxylation is 3. The molecule has 0 atom stereocenters. The lowest BCUT2D eigenvalue weighted by Gasteiger charge is -2.24. The van der Waals surface area contributed by atoms with E-state index in [0.717, 1.165) is 49.0 Å². The highest BCUT2D eigenvalue weighted by Gasteiger charge is 2.15. The number of rotatable bonds is 8. The number of nitrogens with one attached hydrogen (secondary N) is 2. The molecule has 1 aromatic carbocycles. The van der Waals surface area contributed by atoms with Crippen LogP contribution in [0.1, 0.15) is 50.6 Å². The maximum absolute atomic E-state index is 6.13. The van der Waals surface area contributed by atoms with Crippen LogP contribution in [0.15, 0.2) is 35.6 Å². The van der Waals surface area contributed by atoms with Crippen LogP contribution < -0.4 is 15.4 Å². The molecule has 7 heteroatoms. The smallest absolute Gasteiger partial charge is 0.191 e. The Morgan fingerprint density at radius 1 is 1.17 bits per heavy atom. The topological polar surface area (TPSA) is 63.5 Å². The molecule has 29 heavy (non-hydrogen) atoms. The van der Waals surface area contributed by atoms with Gasteiger partial charge in [-0.2, -0.15) is 0 Å². The standard InChI is InChI=1S/C22H35N5O.HI/c1-17-9-10-19(20(15-17)28-22(3,4)5)16-26-21(23-6)25-11-7-8-13-27-14-12-24-18(27)2;/h9-10,12,14-15H,7-8,11,13,16H2,1-6H3,(H2,23,25,26);1H.